The molecule has 0 aliphatic heterocycles. The lowest BCUT2D eigenvalue weighted by Crippen LogP contribution is -1.98. The van der Waals surface area contributed by atoms with Gasteiger partial charge in [-0.3, -0.25) is 0 Å². The van der Waals surface area contributed by atoms with Gasteiger partial charge in [-0.25, -0.2) is 9.59 Å². The molecule has 0 fully saturated rings. The quantitative estimate of drug-likeness (QED) is 0.0746. The van der Waals surface area contributed by atoms with E-state index in [2.05, 4.69) is 110 Å². The molecular weight excluding hydrogens is 580 g/mol. The predicted molar refractivity (Wildman–Crippen MR) is 210 cm³/mol. The van der Waals surface area contributed by atoms with Crippen molar-refractivity contribution in [1.82, 2.24) is 0 Å². The predicted octanol–water partition coefficient (Wildman–Crippen LogP) is 13.3. The minimum absolute atomic E-state index is 0. The zero-order valence-corrected chi connectivity index (χ0v) is 31.3. The van der Waals surface area contributed by atoms with Gasteiger partial charge < -0.3 is 9.47 Å². The molecule has 0 N–H and O–H groups in total. The third-order valence-electron chi connectivity index (χ3n) is 6.47. The highest BCUT2D eigenvalue weighted by Gasteiger charge is 1.94. The van der Waals surface area contributed by atoms with Gasteiger partial charge in [0.2, 0.25) is 0 Å². The Labute approximate surface area is 291 Å². The second kappa shape index (κ2) is 37.1. The molecule has 268 valence electrons. The molecule has 0 rings (SSSR count). The summed E-state index contributed by atoms with van der Waals surface area (Å²) >= 11 is 0. The molecule has 0 amide bonds. The van der Waals surface area contributed by atoms with Gasteiger partial charge in [-0.05, 0) is 133 Å². The summed E-state index contributed by atoms with van der Waals surface area (Å²) in [5, 5.41) is 0. The van der Waals surface area contributed by atoms with E-state index in [1.807, 2.05) is 19.1 Å². The largest absolute Gasteiger partial charge is 0.463 e. The monoisotopic (exact) mass is 653 g/mol. The van der Waals surface area contributed by atoms with Gasteiger partial charge in [0, 0.05) is 12.2 Å². The maximum Gasteiger partial charge on any atom is 0.330 e. The molecule has 47 heavy (non-hydrogen) atoms. The lowest BCUT2D eigenvalue weighted by atomic mass is 10.1. The van der Waals surface area contributed by atoms with Gasteiger partial charge >= 0.3 is 11.9 Å². The van der Waals surface area contributed by atoms with Crippen LogP contribution in [0.2, 0.25) is 0 Å². The van der Waals surface area contributed by atoms with Gasteiger partial charge in [-0.15, -0.1) is 6.58 Å². The smallest absolute Gasteiger partial charge is 0.330 e. The Morgan fingerprint density at radius 1 is 0.532 bits per heavy atom. The Kier molecular flexibility index (Phi) is 39.8. The fraction of sp³-hybridized carbons (Fsp3) is 0.535. The van der Waals surface area contributed by atoms with E-state index in [0.717, 1.165) is 44.6 Å². The Hall–Kier alpha value is -3.40. The number of carbonyl (C=O) groups excluding carboxylic acids is 2. The van der Waals surface area contributed by atoms with Crippen LogP contribution in [0.15, 0.2) is 107 Å². The number of esters is 2. The highest BCUT2D eigenvalue weighted by molar-refractivity contribution is 5.81. The first-order valence-corrected chi connectivity index (χ1v) is 16.9. The zero-order chi connectivity index (χ0) is 35.6. The Morgan fingerprint density at radius 3 is 1.23 bits per heavy atom. The summed E-state index contributed by atoms with van der Waals surface area (Å²) in [6.45, 7) is 28.7. The minimum Gasteiger partial charge on any atom is -0.463 e. The summed E-state index contributed by atoms with van der Waals surface area (Å²) in [4.78, 5) is 21.2. The lowest BCUT2D eigenvalue weighted by Gasteiger charge is -2.01. The Bertz CT molecular complexity index is 1050. The second-order valence-corrected chi connectivity index (χ2v) is 11.8. The van der Waals surface area contributed by atoms with Gasteiger partial charge in [0.15, 0.2) is 0 Å². The van der Waals surface area contributed by atoms with Crippen molar-refractivity contribution in [2.24, 2.45) is 0 Å². The molecule has 0 aliphatic carbocycles. The molecule has 0 saturated heterocycles. The van der Waals surface area contributed by atoms with Crippen molar-refractivity contribution in [3.63, 3.8) is 0 Å². The number of hydrogen-bond acceptors (Lipinski definition) is 4. The van der Waals surface area contributed by atoms with Crippen molar-refractivity contribution in [1.29, 1.82) is 0 Å². The van der Waals surface area contributed by atoms with E-state index >= 15 is 0 Å². The van der Waals surface area contributed by atoms with Gasteiger partial charge in [0.25, 0.3) is 0 Å². The van der Waals surface area contributed by atoms with Crippen LogP contribution in [0.3, 0.4) is 0 Å². The van der Waals surface area contributed by atoms with Crippen LogP contribution in [0.25, 0.3) is 0 Å². The molecule has 0 unspecified atom stereocenters. The standard InChI is InChI=1S/C20H32O2.C17H28.C5H8O2.CH4/c1-6-22-20(21)16-8-7-12-18(4)14-10-15-19(5)13-9-11-17(2)3;1-6-7-11-16(4)13-9-14-17(5)12-8-10-15(2)3;1-3-5(6)7-4-2;/h8,11-12,15-16H,6-7,9-10,13-14H2,1-5H3;6,10-11,14H,1,7-9,12-13H2,2-5H3;3H,1,4H2,2H3;1H4/b16-8+,18-12?,19-15+;16-11?,17-14+;;. The molecule has 0 bridgehead atoms. The van der Waals surface area contributed by atoms with Gasteiger partial charge in [-0.2, -0.15) is 0 Å². The average Bonchev–Trinajstić information content (AvgIpc) is 2.99. The molecule has 0 aromatic rings. The van der Waals surface area contributed by atoms with E-state index < -0.39 is 0 Å². The average molecular weight is 653 g/mol. The normalized spacial score (nSPS) is 11.5. The van der Waals surface area contributed by atoms with Crippen molar-refractivity contribution in [2.75, 3.05) is 13.2 Å². The molecule has 0 aliphatic rings. The number of allylic oxidation sites excluding steroid dienone is 14. The highest BCUT2D eigenvalue weighted by atomic mass is 16.5. The SMILES string of the molecule is C.C=CC(=O)OCC.C=CCC=C(C)CC/C=C(\C)CCC=C(C)C.CCOC(=O)/C=C/CC=C(C)CC/C=C(\C)CCC=C(C)C. The third-order valence-corrected chi connectivity index (χ3v) is 6.47. The van der Waals surface area contributed by atoms with Crippen molar-refractivity contribution in [2.45, 2.75) is 141 Å². The molecule has 4 heteroatoms. The van der Waals surface area contributed by atoms with Crippen LogP contribution < -0.4 is 0 Å². The number of carbonyl (C=O) groups is 2. The first kappa shape index (κ1) is 50.5. The van der Waals surface area contributed by atoms with E-state index in [4.69, 9.17) is 4.74 Å². The van der Waals surface area contributed by atoms with Gasteiger partial charge in [0.05, 0.1) is 13.2 Å². The summed E-state index contributed by atoms with van der Waals surface area (Å²) in [5.41, 5.74) is 8.62. The van der Waals surface area contributed by atoms with Gasteiger partial charge in [-0.1, -0.05) is 96.1 Å². The van der Waals surface area contributed by atoms with E-state index in [0.29, 0.717) is 13.2 Å². The van der Waals surface area contributed by atoms with Gasteiger partial charge in [0.1, 0.15) is 0 Å². The van der Waals surface area contributed by atoms with E-state index in [1.54, 1.807) is 6.92 Å². The molecule has 0 aromatic heterocycles. The van der Waals surface area contributed by atoms with Crippen LogP contribution in [-0.2, 0) is 19.1 Å². The Morgan fingerprint density at radius 2 is 0.894 bits per heavy atom. The summed E-state index contributed by atoms with van der Waals surface area (Å²) in [7, 11) is 0. The first-order valence-electron chi connectivity index (χ1n) is 16.9. The van der Waals surface area contributed by atoms with Crippen LogP contribution >= 0.6 is 0 Å². The summed E-state index contributed by atoms with van der Waals surface area (Å²) < 4.78 is 9.26. The van der Waals surface area contributed by atoms with Crippen molar-refractivity contribution < 1.29 is 19.1 Å². The topological polar surface area (TPSA) is 52.6 Å². The van der Waals surface area contributed by atoms with E-state index in [9.17, 15) is 9.59 Å². The fourth-order valence-electron chi connectivity index (χ4n) is 3.79. The maximum absolute atomic E-state index is 11.1. The summed E-state index contributed by atoms with van der Waals surface area (Å²) in [6, 6.07) is 0. The third kappa shape index (κ3) is 44.8. The maximum atomic E-state index is 11.1. The van der Waals surface area contributed by atoms with Crippen LogP contribution in [0, 0.1) is 0 Å². The molecule has 0 spiro atoms. The Balaban J connectivity index is -0.000000328. The highest BCUT2D eigenvalue weighted by Crippen LogP contribution is 2.13. The molecular formula is C43H72O4. The number of ether oxygens (including phenoxy) is 2. The van der Waals surface area contributed by atoms with E-state index in [-0.39, 0.29) is 19.4 Å². The summed E-state index contributed by atoms with van der Waals surface area (Å²) in [6.07, 6.45) is 31.1. The summed E-state index contributed by atoms with van der Waals surface area (Å²) in [5.74, 6) is -0.619. The first-order chi connectivity index (χ1) is 21.8. The van der Waals surface area contributed by atoms with Crippen molar-refractivity contribution in [3.05, 3.63) is 107 Å². The molecule has 0 radical (unpaired) electrons. The number of rotatable bonds is 20. The fourth-order valence-corrected chi connectivity index (χ4v) is 3.79. The van der Waals surface area contributed by atoms with Crippen LogP contribution in [-0.4, -0.2) is 25.2 Å². The van der Waals surface area contributed by atoms with Crippen LogP contribution in [0.5, 0.6) is 0 Å². The molecule has 0 aromatic carbocycles. The lowest BCUT2D eigenvalue weighted by molar-refractivity contribution is -0.138. The van der Waals surface area contributed by atoms with Crippen LogP contribution in [0.1, 0.15) is 141 Å². The molecule has 4 nitrogen and oxygen atoms in total. The number of hydrogen-bond donors (Lipinski definition) is 0. The van der Waals surface area contributed by atoms with Crippen molar-refractivity contribution >= 4 is 11.9 Å². The van der Waals surface area contributed by atoms with Crippen molar-refractivity contribution in [3.8, 4) is 0 Å². The molecule has 0 heterocycles. The van der Waals surface area contributed by atoms with Crippen LogP contribution in [0.4, 0.5) is 0 Å². The molecule has 0 saturated carbocycles. The zero-order valence-electron chi connectivity index (χ0n) is 31.3. The second-order valence-electron chi connectivity index (χ2n) is 11.8. The van der Waals surface area contributed by atoms with E-state index in [1.165, 1.54) is 65.2 Å². The minimum atomic E-state index is -0.359. The molecule has 0 atom stereocenters.